The molecule has 1 aliphatic carbocycles. The van der Waals surface area contributed by atoms with E-state index in [9.17, 15) is 4.79 Å². The summed E-state index contributed by atoms with van der Waals surface area (Å²) in [5, 5.41) is 7.71. The molecular weight excluding hydrogens is 308 g/mol. The standard InChI is InChI=1S/C19H25ClN2O/c20-15-5-3-14(4-6-15)19(13-1-2-13)22-18(23)11-12-9-16-7-8-17(10-12)21-16/h3-6,12-13,16-17,19,21H,1-2,7-11H2,(H,22,23). The van der Waals surface area contributed by atoms with Gasteiger partial charge >= 0.3 is 0 Å². The van der Waals surface area contributed by atoms with Crippen LogP contribution in [-0.4, -0.2) is 18.0 Å². The third-order valence-corrected chi connectivity index (χ3v) is 5.94. The van der Waals surface area contributed by atoms with Gasteiger partial charge in [0.1, 0.15) is 0 Å². The van der Waals surface area contributed by atoms with E-state index in [1.54, 1.807) is 0 Å². The van der Waals surface area contributed by atoms with E-state index in [1.165, 1.54) is 44.1 Å². The van der Waals surface area contributed by atoms with Crippen LogP contribution in [0.2, 0.25) is 5.02 Å². The van der Waals surface area contributed by atoms with Crippen LogP contribution >= 0.6 is 11.6 Å². The van der Waals surface area contributed by atoms with Crippen LogP contribution in [0.1, 0.15) is 56.6 Å². The van der Waals surface area contributed by atoms with Crippen LogP contribution in [0.25, 0.3) is 0 Å². The van der Waals surface area contributed by atoms with Crippen LogP contribution in [0.4, 0.5) is 0 Å². The van der Waals surface area contributed by atoms with Gasteiger partial charge in [0.2, 0.25) is 5.91 Å². The molecule has 3 fully saturated rings. The number of hydrogen-bond acceptors (Lipinski definition) is 2. The Morgan fingerprint density at radius 2 is 1.78 bits per heavy atom. The summed E-state index contributed by atoms with van der Waals surface area (Å²) in [5.41, 5.74) is 1.19. The summed E-state index contributed by atoms with van der Waals surface area (Å²) >= 11 is 5.99. The summed E-state index contributed by atoms with van der Waals surface area (Å²) in [7, 11) is 0. The van der Waals surface area contributed by atoms with Crippen molar-refractivity contribution in [2.45, 2.75) is 63.1 Å². The predicted octanol–water partition coefficient (Wildman–Crippen LogP) is 3.83. The van der Waals surface area contributed by atoms with Crippen molar-refractivity contribution >= 4 is 17.5 Å². The molecule has 2 saturated heterocycles. The fourth-order valence-electron chi connectivity index (χ4n) is 4.41. The number of halogens is 1. The van der Waals surface area contributed by atoms with Gasteiger partial charge in [0, 0.05) is 23.5 Å². The zero-order valence-electron chi connectivity index (χ0n) is 13.4. The number of benzene rings is 1. The Balaban J connectivity index is 1.37. The average Bonchev–Trinajstić information content (AvgIpc) is 3.31. The summed E-state index contributed by atoms with van der Waals surface area (Å²) in [6.45, 7) is 0. The molecule has 4 rings (SSSR count). The number of amides is 1. The molecule has 2 aliphatic heterocycles. The van der Waals surface area contributed by atoms with E-state index in [0.29, 0.717) is 30.3 Å². The quantitative estimate of drug-likeness (QED) is 0.860. The smallest absolute Gasteiger partial charge is 0.220 e. The number of rotatable bonds is 5. The second kappa shape index (κ2) is 6.45. The van der Waals surface area contributed by atoms with Crippen molar-refractivity contribution in [3.63, 3.8) is 0 Å². The summed E-state index contributed by atoms with van der Waals surface area (Å²) in [6, 6.07) is 9.42. The maximum absolute atomic E-state index is 12.6. The number of fused-ring (bicyclic) bond motifs is 2. The molecule has 3 atom stereocenters. The molecule has 1 amide bonds. The minimum absolute atomic E-state index is 0.165. The topological polar surface area (TPSA) is 41.1 Å². The molecule has 124 valence electrons. The van der Waals surface area contributed by atoms with E-state index >= 15 is 0 Å². The Bertz CT molecular complexity index is 557. The summed E-state index contributed by atoms with van der Waals surface area (Å²) in [4.78, 5) is 12.6. The Kier molecular flexibility index (Phi) is 4.33. The first-order chi connectivity index (χ1) is 11.2. The Hall–Kier alpha value is -1.06. The molecule has 23 heavy (non-hydrogen) atoms. The van der Waals surface area contributed by atoms with Crippen molar-refractivity contribution < 1.29 is 4.79 Å². The molecule has 2 N–H and O–H groups in total. The normalized spacial score (nSPS) is 30.9. The van der Waals surface area contributed by atoms with Gasteiger partial charge in [-0.1, -0.05) is 23.7 Å². The van der Waals surface area contributed by atoms with Gasteiger partial charge in [-0.3, -0.25) is 4.79 Å². The highest BCUT2D eigenvalue weighted by Gasteiger charge is 2.36. The maximum Gasteiger partial charge on any atom is 0.220 e. The maximum atomic E-state index is 12.6. The number of carbonyl (C=O) groups is 1. The minimum Gasteiger partial charge on any atom is -0.349 e. The summed E-state index contributed by atoms with van der Waals surface area (Å²) in [6.07, 6.45) is 8.02. The molecule has 2 heterocycles. The Morgan fingerprint density at radius 1 is 1.13 bits per heavy atom. The molecule has 0 aromatic heterocycles. The largest absolute Gasteiger partial charge is 0.349 e. The lowest BCUT2D eigenvalue weighted by Crippen LogP contribution is -2.40. The number of hydrogen-bond donors (Lipinski definition) is 2. The van der Waals surface area contributed by atoms with E-state index < -0.39 is 0 Å². The second-order valence-corrected chi connectivity index (χ2v) is 8.05. The monoisotopic (exact) mass is 332 g/mol. The number of carbonyl (C=O) groups excluding carboxylic acids is 1. The highest BCUT2D eigenvalue weighted by molar-refractivity contribution is 6.30. The van der Waals surface area contributed by atoms with Crippen molar-refractivity contribution in [3.8, 4) is 0 Å². The van der Waals surface area contributed by atoms with Crippen LogP contribution in [0.15, 0.2) is 24.3 Å². The van der Waals surface area contributed by atoms with Gasteiger partial charge < -0.3 is 10.6 Å². The lowest BCUT2D eigenvalue weighted by atomic mass is 9.89. The molecule has 1 aromatic rings. The van der Waals surface area contributed by atoms with Gasteiger partial charge in [-0.25, -0.2) is 0 Å². The van der Waals surface area contributed by atoms with E-state index in [2.05, 4.69) is 22.8 Å². The molecule has 3 nitrogen and oxygen atoms in total. The molecule has 3 unspecified atom stereocenters. The first kappa shape index (κ1) is 15.5. The first-order valence-corrected chi connectivity index (χ1v) is 9.36. The lowest BCUT2D eigenvalue weighted by molar-refractivity contribution is -0.123. The fourth-order valence-corrected chi connectivity index (χ4v) is 4.54. The van der Waals surface area contributed by atoms with E-state index in [-0.39, 0.29) is 11.9 Å². The van der Waals surface area contributed by atoms with Gasteiger partial charge in [-0.05, 0) is 68.1 Å². The van der Waals surface area contributed by atoms with E-state index in [0.717, 1.165) is 5.02 Å². The Labute approximate surface area is 143 Å². The third kappa shape index (κ3) is 3.72. The second-order valence-electron chi connectivity index (χ2n) is 7.61. The average molecular weight is 333 g/mol. The molecule has 3 aliphatic rings. The number of nitrogens with one attached hydrogen (secondary N) is 2. The summed E-state index contributed by atoms with van der Waals surface area (Å²) < 4.78 is 0. The van der Waals surface area contributed by atoms with Gasteiger partial charge in [0.25, 0.3) is 0 Å². The van der Waals surface area contributed by atoms with Crippen molar-refractivity contribution in [3.05, 3.63) is 34.9 Å². The predicted molar refractivity (Wildman–Crippen MR) is 92.3 cm³/mol. The minimum atomic E-state index is 0.165. The molecular formula is C19H25ClN2O. The third-order valence-electron chi connectivity index (χ3n) is 5.68. The zero-order chi connectivity index (χ0) is 15.8. The van der Waals surface area contributed by atoms with Gasteiger partial charge in [0.15, 0.2) is 0 Å². The van der Waals surface area contributed by atoms with Gasteiger partial charge in [0.05, 0.1) is 6.04 Å². The van der Waals surface area contributed by atoms with Crippen molar-refractivity contribution in [1.82, 2.24) is 10.6 Å². The molecule has 1 aromatic carbocycles. The van der Waals surface area contributed by atoms with Crippen LogP contribution in [0.5, 0.6) is 0 Å². The molecule has 2 bridgehead atoms. The fraction of sp³-hybridized carbons (Fsp3) is 0.632. The van der Waals surface area contributed by atoms with E-state index in [1.807, 2.05) is 12.1 Å². The molecule has 0 radical (unpaired) electrons. The zero-order valence-corrected chi connectivity index (χ0v) is 14.2. The van der Waals surface area contributed by atoms with Crippen LogP contribution in [-0.2, 0) is 4.79 Å². The number of piperidine rings is 1. The van der Waals surface area contributed by atoms with Gasteiger partial charge in [-0.15, -0.1) is 0 Å². The Morgan fingerprint density at radius 3 is 2.39 bits per heavy atom. The lowest BCUT2D eigenvalue weighted by Gasteiger charge is -2.29. The van der Waals surface area contributed by atoms with Crippen LogP contribution < -0.4 is 10.6 Å². The highest BCUT2D eigenvalue weighted by Crippen LogP contribution is 2.41. The SMILES string of the molecule is O=C(CC1CC2CCC(C1)N2)NC(c1ccc(Cl)cc1)C1CC1. The van der Waals surface area contributed by atoms with Crippen LogP contribution in [0.3, 0.4) is 0 Å². The van der Waals surface area contributed by atoms with Gasteiger partial charge in [-0.2, -0.15) is 0 Å². The highest BCUT2D eigenvalue weighted by atomic mass is 35.5. The summed E-state index contributed by atoms with van der Waals surface area (Å²) in [5.74, 6) is 1.38. The molecule has 0 spiro atoms. The van der Waals surface area contributed by atoms with Crippen LogP contribution in [0, 0.1) is 11.8 Å². The van der Waals surface area contributed by atoms with E-state index in [4.69, 9.17) is 11.6 Å². The molecule has 4 heteroatoms. The van der Waals surface area contributed by atoms with Crippen molar-refractivity contribution in [2.24, 2.45) is 11.8 Å². The van der Waals surface area contributed by atoms with Crippen molar-refractivity contribution in [2.75, 3.05) is 0 Å². The first-order valence-electron chi connectivity index (χ1n) is 8.98. The molecule has 1 saturated carbocycles. The van der Waals surface area contributed by atoms with Crippen molar-refractivity contribution in [1.29, 1.82) is 0 Å².